The van der Waals surface area contributed by atoms with Gasteiger partial charge >= 0.3 is 0 Å². The maximum absolute atomic E-state index is 12.7. The van der Waals surface area contributed by atoms with Gasteiger partial charge in [0.15, 0.2) is 5.84 Å². The lowest BCUT2D eigenvalue weighted by atomic mass is 10.2. The highest BCUT2D eigenvalue weighted by molar-refractivity contribution is 5.98. The molecule has 2 rings (SSSR count). The maximum Gasteiger partial charge on any atom is 0.270 e. The van der Waals surface area contributed by atoms with E-state index in [1.807, 2.05) is 0 Å². The van der Waals surface area contributed by atoms with Crippen molar-refractivity contribution in [2.75, 3.05) is 0 Å². The third-order valence-electron chi connectivity index (χ3n) is 2.77. The average molecular weight is 288 g/mol. The van der Waals surface area contributed by atoms with Crippen molar-refractivity contribution in [3.8, 4) is 0 Å². The highest BCUT2D eigenvalue weighted by Gasteiger charge is 2.08. The number of pyridine rings is 1. The van der Waals surface area contributed by atoms with Crippen molar-refractivity contribution in [2.24, 2.45) is 10.9 Å². The second-order valence-corrected chi connectivity index (χ2v) is 4.23. The first-order valence-electron chi connectivity index (χ1n) is 6.07. The molecule has 0 spiro atoms. The molecule has 0 atom stereocenters. The summed E-state index contributed by atoms with van der Waals surface area (Å²) in [5, 5.41) is 14.0. The number of halogens is 1. The van der Waals surface area contributed by atoms with Gasteiger partial charge in [0.1, 0.15) is 11.5 Å². The molecule has 4 N–H and O–H groups in total. The van der Waals surface area contributed by atoms with Crippen molar-refractivity contribution in [3.05, 3.63) is 65.2 Å². The Kier molecular flexibility index (Phi) is 4.45. The van der Waals surface area contributed by atoms with Gasteiger partial charge < -0.3 is 16.3 Å². The molecule has 0 unspecified atom stereocenters. The second kappa shape index (κ2) is 6.47. The Morgan fingerprint density at radius 2 is 2.00 bits per heavy atom. The lowest BCUT2D eigenvalue weighted by Gasteiger charge is -2.05. The van der Waals surface area contributed by atoms with Crippen molar-refractivity contribution in [1.82, 2.24) is 10.3 Å². The molecule has 1 aromatic heterocycles. The van der Waals surface area contributed by atoms with Gasteiger partial charge in [0.05, 0.1) is 0 Å². The Morgan fingerprint density at radius 1 is 1.29 bits per heavy atom. The molecule has 0 radical (unpaired) electrons. The molecule has 1 aromatic carbocycles. The molecule has 1 amide bonds. The molecule has 0 fully saturated rings. The van der Waals surface area contributed by atoms with Crippen molar-refractivity contribution >= 4 is 11.7 Å². The summed E-state index contributed by atoms with van der Waals surface area (Å²) in [4.78, 5) is 15.8. The minimum atomic E-state index is -0.370. The third-order valence-corrected chi connectivity index (χ3v) is 2.77. The van der Waals surface area contributed by atoms with E-state index in [2.05, 4.69) is 15.5 Å². The molecule has 1 heterocycles. The number of rotatable bonds is 4. The van der Waals surface area contributed by atoms with Crippen LogP contribution in [0.3, 0.4) is 0 Å². The van der Waals surface area contributed by atoms with Crippen molar-refractivity contribution < 1.29 is 14.4 Å². The van der Waals surface area contributed by atoms with Crippen LogP contribution in [0.4, 0.5) is 4.39 Å². The van der Waals surface area contributed by atoms with Crippen LogP contribution in [0, 0.1) is 5.82 Å². The molecule has 0 aliphatic carbocycles. The number of hydrogen-bond acceptors (Lipinski definition) is 4. The second-order valence-electron chi connectivity index (χ2n) is 4.23. The average Bonchev–Trinajstić information content (AvgIpc) is 2.53. The summed E-state index contributed by atoms with van der Waals surface area (Å²) in [6, 6.07) is 8.81. The predicted molar refractivity (Wildman–Crippen MR) is 74.3 cm³/mol. The van der Waals surface area contributed by atoms with Gasteiger partial charge in [0, 0.05) is 18.3 Å². The lowest BCUT2D eigenvalue weighted by molar-refractivity contribution is 0.0946. The fraction of sp³-hybridized carbons (Fsp3) is 0.0714. The molecule has 108 valence electrons. The Hall–Kier alpha value is -2.96. The molecule has 6 nitrogen and oxygen atoms in total. The zero-order chi connectivity index (χ0) is 15.2. The van der Waals surface area contributed by atoms with Gasteiger partial charge in [-0.15, -0.1) is 0 Å². The Morgan fingerprint density at radius 3 is 2.57 bits per heavy atom. The molecule has 0 saturated carbocycles. The zero-order valence-corrected chi connectivity index (χ0v) is 11.0. The summed E-state index contributed by atoms with van der Waals surface area (Å²) in [5.74, 6) is -0.781. The Bertz CT molecular complexity index is 654. The lowest BCUT2D eigenvalue weighted by Crippen LogP contribution is -2.24. The van der Waals surface area contributed by atoms with E-state index in [0.29, 0.717) is 5.56 Å². The van der Waals surface area contributed by atoms with Gasteiger partial charge in [-0.05, 0) is 29.8 Å². The number of benzene rings is 1. The van der Waals surface area contributed by atoms with Crippen LogP contribution < -0.4 is 11.1 Å². The van der Waals surface area contributed by atoms with Crippen LogP contribution in [0.1, 0.15) is 21.6 Å². The number of hydrogen-bond donors (Lipinski definition) is 3. The largest absolute Gasteiger partial charge is 0.409 e. The van der Waals surface area contributed by atoms with Crippen LogP contribution in [-0.4, -0.2) is 21.9 Å². The number of oxime groups is 1. The Balaban J connectivity index is 1.98. The highest BCUT2D eigenvalue weighted by Crippen LogP contribution is 2.04. The number of amidine groups is 1. The number of carbonyl (C=O) groups excluding carboxylic acids is 1. The fourth-order valence-corrected chi connectivity index (χ4v) is 1.61. The van der Waals surface area contributed by atoms with E-state index < -0.39 is 0 Å². The predicted octanol–water partition coefficient (Wildman–Crippen LogP) is 1.25. The number of nitrogens with two attached hydrogens (primary N) is 1. The normalized spacial score (nSPS) is 11.2. The summed E-state index contributed by atoms with van der Waals surface area (Å²) < 4.78 is 12.7. The molecular formula is C14H13FN4O2. The van der Waals surface area contributed by atoms with E-state index in [1.54, 1.807) is 12.1 Å². The van der Waals surface area contributed by atoms with Crippen LogP contribution >= 0.6 is 0 Å². The van der Waals surface area contributed by atoms with E-state index in [4.69, 9.17) is 10.9 Å². The van der Waals surface area contributed by atoms with Crippen molar-refractivity contribution in [3.63, 3.8) is 0 Å². The summed E-state index contributed by atoms with van der Waals surface area (Å²) in [6.45, 7) is 0.267. The molecule has 2 aromatic rings. The molecule has 0 saturated heterocycles. The number of nitrogens with one attached hydrogen (secondary N) is 1. The van der Waals surface area contributed by atoms with Crippen LogP contribution in [0.25, 0.3) is 0 Å². The minimum Gasteiger partial charge on any atom is -0.409 e. The monoisotopic (exact) mass is 288 g/mol. The molecule has 0 aliphatic rings. The first-order valence-corrected chi connectivity index (χ1v) is 6.07. The fourth-order valence-electron chi connectivity index (χ4n) is 1.61. The quantitative estimate of drug-likeness (QED) is 0.341. The third kappa shape index (κ3) is 3.75. The molecule has 7 heteroatoms. The van der Waals surface area contributed by atoms with E-state index >= 15 is 0 Å². The Labute approximate surface area is 120 Å². The zero-order valence-electron chi connectivity index (χ0n) is 11.0. The standard InChI is InChI=1S/C14H13FN4O2/c15-11-4-1-9(2-5-11)7-18-14(20)12-6-3-10(8-17-12)13(16)19-21/h1-6,8,21H,7H2,(H2,16,19)(H,18,20). The molecule has 21 heavy (non-hydrogen) atoms. The molecule has 0 bridgehead atoms. The number of aromatic nitrogens is 1. The van der Waals surface area contributed by atoms with Gasteiger partial charge in [0.25, 0.3) is 5.91 Å². The smallest absolute Gasteiger partial charge is 0.270 e. The SMILES string of the molecule is NC(=NO)c1ccc(C(=O)NCc2ccc(F)cc2)nc1. The van der Waals surface area contributed by atoms with Gasteiger partial charge in [0.2, 0.25) is 0 Å². The molecular weight excluding hydrogens is 275 g/mol. The van der Waals surface area contributed by atoms with Gasteiger partial charge in [-0.25, -0.2) is 4.39 Å². The number of amides is 1. The number of carbonyl (C=O) groups is 1. The van der Waals surface area contributed by atoms with Gasteiger partial charge in [-0.3, -0.25) is 9.78 Å². The van der Waals surface area contributed by atoms with E-state index in [1.165, 1.54) is 30.5 Å². The first kappa shape index (κ1) is 14.4. The van der Waals surface area contributed by atoms with E-state index in [9.17, 15) is 9.18 Å². The summed E-state index contributed by atoms with van der Waals surface area (Å²) in [5.41, 5.74) is 6.78. The topological polar surface area (TPSA) is 101 Å². The van der Waals surface area contributed by atoms with Crippen molar-refractivity contribution in [1.29, 1.82) is 0 Å². The highest BCUT2D eigenvalue weighted by atomic mass is 19.1. The summed E-state index contributed by atoms with van der Waals surface area (Å²) in [7, 11) is 0. The van der Waals surface area contributed by atoms with Crippen LogP contribution in [0.5, 0.6) is 0 Å². The van der Waals surface area contributed by atoms with E-state index in [0.717, 1.165) is 5.56 Å². The van der Waals surface area contributed by atoms with Crippen LogP contribution in [0.15, 0.2) is 47.8 Å². The van der Waals surface area contributed by atoms with Crippen LogP contribution in [0.2, 0.25) is 0 Å². The summed E-state index contributed by atoms with van der Waals surface area (Å²) >= 11 is 0. The van der Waals surface area contributed by atoms with Gasteiger partial charge in [-0.2, -0.15) is 0 Å². The van der Waals surface area contributed by atoms with Crippen LogP contribution in [-0.2, 0) is 6.54 Å². The van der Waals surface area contributed by atoms with E-state index in [-0.39, 0.29) is 29.8 Å². The number of nitrogens with zero attached hydrogens (tertiary/aromatic N) is 2. The minimum absolute atomic E-state index is 0.0826. The van der Waals surface area contributed by atoms with Crippen molar-refractivity contribution in [2.45, 2.75) is 6.54 Å². The van der Waals surface area contributed by atoms with Gasteiger partial charge in [-0.1, -0.05) is 17.3 Å². The first-order chi connectivity index (χ1) is 10.1. The summed E-state index contributed by atoms with van der Waals surface area (Å²) in [6.07, 6.45) is 1.34. The maximum atomic E-state index is 12.7. The molecule has 0 aliphatic heterocycles.